The van der Waals surface area contributed by atoms with Gasteiger partial charge in [0.25, 0.3) is 0 Å². The summed E-state index contributed by atoms with van der Waals surface area (Å²) in [5, 5.41) is 1.49. The maximum atomic E-state index is 12.7. The summed E-state index contributed by atoms with van der Waals surface area (Å²) in [6.07, 6.45) is 2.42. The second-order valence-corrected chi connectivity index (χ2v) is 8.72. The van der Waals surface area contributed by atoms with Crippen molar-refractivity contribution in [1.29, 1.82) is 0 Å². The van der Waals surface area contributed by atoms with Crippen molar-refractivity contribution in [2.75, 3.05) is 45.8 Å². The molecule has 154 valence electrons. The highest BCUT2D eigenvalue weighted by Crippen LogP contribution is 2.34. The number of benzene rings is 2. The number of hydrogen-bond acceptors (Lipinski definition) is 3. The number of amides is 1. The van der Waals surface area contributed by atoms with Crippen molar-refractivity contribution in [2.45, 2.75) is 18.9 Å². The summed E-state index contributed by atoms with van der Waals surface area (Å²) in [5.74, 6) is 0.257. The number of rotatable bonds is 5. The zero-order valence-corrected chi connectivity index (χ0v) is 18.1. The van der Waals surface area contributed by atoms with Gasteiger partial charge in [-0.25, -0.2) is 0 Å². The molecule has 0 N–H and O–H groups in total. The molecular weight excluding hydrogens is 405 g/mol. The first-order chi connectivity index (χ1) is 14.1. The van der Waals surface area contributed by atoms with Gasteiger partial charge in [-0.15, -0.1) is 0 Å². The number of halogens is 2. The van der Waals surface area contributed by atoms with Crippen LogP contribution in [0.1, 0.15) is 30.0 Å². The van der Waals surface area contributed by atoms with Gasteiger partial charge < -0.3 is 4.90 Å². The molecule has 4 nitrogen and oxygen atoms in total. The van der Waals surface area contributed by atoms with Crippen molar-refractivity contribution >= 4 is 29.1 Å². The van der Waals surface area contributed by atoms with E-state index in [-0.39, 0.29) is 11.9 Å². The Balaban J connectivity index is 1.48. The molecule has 1 unspecified atom stereocenters. The average Bonchev–Trinajstić information content (AvgIpc) is 3.24. The quantitative estimate of drug-likeness (QED) is 0.704. The molecule has 0 aromatic heterocycles. The lowest BCUT2D eigenvalue weighted by atomic mass is 9.96. The Morgan fingerprint density at radius 3 is 2.17 bits per heavy atom. The van der Waals surface area contributed by atoms with E-state index in [9.17, 15) is 4.79 Å². The van der Waals surface area contributed by atoms with Gasteiger partial charge >= 0.3 is 0 Å². The summed E-state index contributed by atoms with van der Waals surface area (Å²) in [5.41, 5.74) is 2.26. The van der Waals surface area contributed by atoms with Gasteiger partial charge in [0.2, 0.25) is 5.91 Å². The molecule has 2 aromatic rings. The number of likely N-dealkylation sites (tertiary alicyclic amines) is 1. The monoisotopic (exact) mass is 431 g/mol. The largest absolute Gasteiger partial charge is 0.339 e. The summed E-state index contributed by atoms with van der Waals surface area (Å²) in [6, 6.07) is 16.1. The van der Waals surface area contributed by atoms with Crippen LogP contribution in [0, 0.1) is 0 Å². The molecule has 2 heterocycles. The molecule has 2 aliphatic heterocycles. The Morgan fingerprint density at radius 1 is 0.862 bits per heavy atom. The second-order valence-electron chi connectivity index (χ2n) is 7.88. The Morgan fingerprint density at radius 2 is 1.52 bits per heavy atom. The van der Waals surface area contributed by atoms with E-state index in [0.29, 0.717) is 6.54 Å². The van der Waals surface area contributed by atoms with Gasteiger partial charge in [-0.1, -0.05) is 53.5 Å². The molecular formula is C23H27Cl2N3O. The zero-order valence-electron chi connectivity index (χ0n) is 16.6. The normalized spacial score (nSPS) is 19.4. The molecule has 1 atom stereocenters. The van der Waals surface area contributed by atoms with E-state index >= 15 is 0 Å². The van der Waals surface area contributed by atoms with Crippen molar-refractivity contribution in [3.63, 3.8) is 0 Å². The van der Waals surface area contributed by atoms with E-state index in [1.165, 1.54) is 18.4 Å². The molecule has 0 radical (unpaired) electrons. The summed E-state index contributed by atoms with van der Waals surface area (Å²) in [7, 11) is 0. The molecule has 2 fully saturated rings. The third kappa shape index (κ3) is 4.95. The second kappa shape index (κ2) is 9.48. The zero-order chi connectivity index (χ0) is 20.2. The number of nitrogens with zero attached hydrogens (tertiary/aromatic N) is 3. The number of carbonyl (C=O) groups is 1. The first kappa shape index (κ1) is 20.7. The minimum atomic E-state index is 0.0526. The van der Waals surface area contributed by atoms with Crippen molar-refractivity contribution < 1.29 is 4.79 Å². The molecule has 29 heavy (non-hydrogen) atoms. The van der Waals surface area contributed by atoms with Gasteiger partial charge in [-0.05, 0) is 55.3 Å². The van der Waals surface area contributed by atoms with Crippen molar-refractivity contribution in [3.05, 3.63) is 69.7 Å². The van der Waals surface area contributed by atoms with Gasteiger partial charge in [0.1, 0.15) is 0 Å². The van der Waals surface area contributed by atoms with Gasteiger partial charge in [-0.2, -0.15) is 0 Å². The third-order valence-electron chi connectivity index (χ3n) is 5.98. The maximum Gasteiger partial charge on any atom is 0.236 e. The van der Waals surface area contributed by atoms with Gasteiger partial charge in [-0.3, -0.25) is 14.6 Å². The van der Waals surface area contributed by atoms with E-state index in [1.807, 2.05) is 35.2 Å². The Hall–Kier alpha value is -1.59. The highest BCUT2D eigenvalue weighted by Gasteiger charge is 2.30. The Labute approximate surface area is 183 Å². The van der Waals surface area contributed by atoms with Crippen LogP contribution in [-0.2, 0) is 4.79 Å². The predicted molar refractivity (Wildman–Crippen MR) is 119 cm³/mol. The predicted octanol–water partition coefficient (Wildman–Crippen LogP) is 4.32. The first-order valence-corrected chi connectivity index (χ1v) is 11.1. The van der Waals surface area contributed by atoms with Crippen molar-refractivity contribution in [2.24, 2.45) is 0 Å². The Kier molecular flexibility index (Phi) is 6.76. The van der Waals surface area contributed by atoms with Crippen LogP contribution in [0.25, 0.3) is 0 Å². The fraction of sp³-hybridized carbons (Fsp3) is 0.435. The lowest BCUT2D eigenvalue weighted by molar-refractivity contribution is -0.134. The fourth-order valence-corrected chi connectivity index (χ4v) is 4.76. The van der Waals surface area contributed by atoms with Gasteiger partial charge in [0.15, 0.2) is 0 Å². The highest BCUT2D eigenvalue weighted by molar-refractivity contribution is 6.31. The van der Waals surface area contributed by atoms with Crippen molar-refractivity contribution in [1.82, 2.24) is 14.7 Å². The molecule has 2 aromatic carbocycles. The summed E-state index contributed by atoms with van der Waals surface area (Å²) >= 11 is 12.7. The lowest BCUT2D eigenvalue weighted by Gasteiger charge is -2.40. The fourth-order valence-electron chi connectivity index (χ4n) is 4.39. The first-order valence-electron chi connectivity index (χ1n) is 10.4. The minimum Gasteiger partial charge on any atom is -0.339 e. The van der Waals surface area contributed by atoms with E-state index < -0.39 is 0 Å². The van der Waals surface area contributed by atoms with Crippen LogP contribution >= 0.6 is 23.2 Å². The molecule has 6 heteroatoms. The topological polar surface area (TPSA) is 26.8 Å². The Bertz CT molecular complexity index is 828. The number of piperazine rings is 1. The molecule has 2 aliphatic rings. The molecule has 0 aliphatic carbocycles. The van der Waals surface area contributed by atoms with Crippen LogP contribution < -0.4 is 0 Å². The minimum absolute atomic E-state index is 0.0526. The molecule has 1 amide bonds. The van der Waals surface area contributed by atoms with E-state index in [0.717, 1.165) is 54.9 Å². The number of carbonyl (C=O) groups excluding carboxylic acids is 1. The number of hydrogen-bond donors (Lipinski definition) is 0. The lowest BCUT2D eigenvalue weighted by Crippen LogP contribution is -2.51. The summed E-state index contributed by atoms with van der Waals surface area (Å²) in [6.45, 7) is 5.82. The van der Waals surface area contributed by atoms with Gasteiger partial charge in [0, 0.05) is 36.2 Å². The average molecular weight is 432 g/mol. The van der Waals surface area contributed by atoms with E-state index in [4.69, 9.17) is 23.2 Å². The highest BCUT2D eigenvalue weighted by atomic mass is 35.5. The summed E-state index contributed by atoms with van der Waals surface area (Å²) < 4.78 is 0. The third-order valence-corrected chi connectivity index (χ3v) is 6.57. The molecule has 2 saturated heterocycles. The van der Waals surface area contributed by atoms with Crippen LogP contribution in [0.4, 0.5) is 0 Å². The molecule has 0 saturated carbocycles. The van der Waals surface area contributed by atoms with Crippen LogP contribution in [0.3, 0.4) is 0 Å². The molecule has 4 rings (SSSR count). The van der Waals surface area contributed by atoms with Gasteiger partial charge in [0.05, 0.1) is 12.6 Å². The molecule has 0 bridgehead atoms. The molecule has 0 spiro atoms. The summed E-state index contributed by atoms with van der Waals surface area (Å²) in [4.78, 5) is 19.4. The SMILES string of the molecule is O=C(CN1CCCC1)N1CCN(C(c2ccc(Cl)cc2)c2ccccc2Cl)CC1. The van der Waals surface area contributed by atoms with E-state index in [1.54, 1.807) is 0 Å². The van der Waals surface area contributed by atoms with Crippen molar-refractivity contribution in [3.8, 4) is 0 Å². The van der Waals surface area contributed by atoms with Crippen LogP contribution in [-0.4, -0.2) is 66.4 Å². The maximum absolute atomic E-state index is 12.7. The smallest absolute Gasteiger partial charge is 0.236 e. The van der Waals surface area contributed by atoms with Crippen LogP contribution in [0.2, 0.25) is 10.0 Å². The van der Waals surface area contributed by atoms with Crippen LogP contribution in [0.15, 0.2) is 48.5 Å². The van der Waals surface area contributed by atoms with Crippen LogP contribution in [0.5, 0.6) is 0 Å². The standard InChI is InChI=1S/C23H27Cl2N3O/c24-19-9-7-18(8-10-19)23(20-5-1-2-6-21(20)25)28-15-13-27(14-16-28)22(29)17-26-11-3-4-12-26/h1-2,5-10,23H,3-4,11-17H2. The van der Waals surface area contributed by atoms with E-state index in [2.05, 4.69) is 28.0 Å².